The highest BCUT2D eigenvalue weighted by Crippen LogP contribution is 2.48. The summed E-state index contributed by atoms with van der Waals surface area (Å²) in [5, 5.41) is 11.3. The number of nitrogens with zero attached hydrogens (tertiary/aromatic N) is 1. The van der Waals surface area contributed by atoms with Crippen molar-refractivity contribution < 1.29 is 18.7 Å². The molecule has 1 aromatic rings. The van der Waals surface area contributed by atoms with Crippen molar-refractivity contribution in [3.8, 4) is 0 Å². The lowest BCUT2D eigenvalue weighted by atomic mass is 9.78. The Hall–Kier alpha value is -1.53. The molecule has 3 rings (SSSR count). The number of nitrogens with two attached hydrogens (primary N) is 1. The lowest BCUT2D eigenvalue weighted by Crippen LogP contribution is -2.54. The van der Waals surface area contributed by atoms with Gasteiger partial charge >= 0.3 is 0 Å². The van der Waals surface area contributed by atoms with Gasteiger partial charge in [-0.2, -0.15) is 0 Å². The van der Waals surface area contributed by atoms with E-state index in [-0.39, 0.29) is 18.9 Å². The molecule has 0 unspecified atom stereocenters. The zero-order chi connectivity index (χ0) is 17.4. The molecule has 132 valence electrons. The monoisotopic (exact) mass is 338 g/mol. The largest absolute Gasteiger partial charge is 0.375 e. The van der Waals surface area contributed by atoms with Crippen LogP contribution in [-0.2, 0) is 10.4 Å². The lowest BCUT2D eigenvalue weighted by molar-refractivity contribution is -0.161. The van der Waals surface area contributed by atoms with E-state index in [0.717, 1.165) is 0 Å². The maximum atomic E-state index is 13.7. The Kier molecular flexibility index (Phi) is 4.62. The predicted octanol–water partition coefficient (Wildman–Crippen LogP) is 2.26. The van der Waals surface area contributed by atoms with Crippen LogP contribution in [0.5, 0.6) is 0 Å². The molecule has 1 aromatic carbocycles. The first kappa shape index (κ1) is 17.3. The Labute approximate surface area is 140 Å². The Morgan fingerprint density at radius 1 is 1.21 bits per heavy atom. The molecule has 6 heteroatoms. The molecular formula is C18H24F2N2O2. The number of benzene rings is 1. The van der Waals surface area contributed by atoms with E-state index < -0.39 is 29.8 Å². The number of carbonyl (C=O) groups excluding carboxylic acids is 1. The zero-order valence-corrected chi connectivity index (χ0v) is 13.6. The number of piperidine rings is 1. The maximum absolute atomic E-state index is 13.7. The van der Waals surface area contributed by atoms with E-state index in [2.05, 4.69) is 0 Å². The third kappa shape index (κ3) is 3.17. The van der Waals surface area contributed by atoms with Crippen LogP contribution in [-0.4, -0.2) is 41.0 Å². The van der Waals surface area contributed by atoms with Crippen molar-refractivity contribution in [1.29, 1.82) is 0 Å². The van der Waals surface area contributed by atoms with Crippen LogP contribution >= 0.6 is 0 Å². The molecule has 2 atom stereocenters. The van der Waals surface area contributed by atoms with Crippen molar-refractivity contribution in [1.82, 2.24) is 4.90 Å². The highest BCUT2D eigenvalue weighted by atomic mass is 19.3. The molecule has 0 aromatic heterocycles. The SMILES string of the molecule is NC1CCN(C(=O)[C@](O)(c2ccccc2)[C@@H]2CCC(F)(F)C2)CC1. The number of carbonyl (C=O) groups is 1. The Balaban J connectivity index is 1.92. The number of halogens is 2. The molecule has 1 saturated heterocycles. The predicted molar refractivity (Wildman–Crippen MR) is 86.4 cm³/mol. The molecule has 4 nitrogen and oxygen atoms in total. The fourth-order valence-corrected chi connectivity index (χ4v) is 3.88. The summed E-state index contributed by atoms with van der Waals surface area (Å²) in [6, 6.07) is 8.54. The number of hydrogen-bond donors (Lipinski definition) is 2. The van der Waals surface area contributed by atoms with Crippen molar-refractivity contribution >= 4 is 5.91 Å². The van der Waals surface area contributed by atoms with Crippen molar-refractivity contribution in [3.05, 3.63) is 35.9 Å². The van der Waals surface area contributed by atoms with Gasteiger partial charge in [-0.1, -0.05) is 30.3 Å². The number of aliphatic hydroxyl groups is 1. The molecule has 24 heavy (non-hydrogen) atoms. The van der Waals surface area contributed by atoms with Crippen LogP contribution in [0, 0.1) is 5.92 Å². The number of amides is 1. The molecule has 1 aliphatic heterocycles. The molecule has 2 aliphatic rings. The average Bonchev–Trinajstić information content (AvgIpc) is 2.95. The summed E-state index contributed by atoms with van der Waals surface area (Å²) in [5.74, 6) is -4.07. The Morgan fingerprint density at radius 3 is 2.38 bits per heavy atom. The molecule has 1 saturated carbocycles. The van der Waals surface area contributed by atoms with Crippen LogP contribution in [0.15, 0.2) is 30.3 Å². The summed E-state index contributed by atoms with van der Waals surface area (Å²) < 4.78 is 27.5. The molecular weight excluding hydrogens is 314 g/mol. The van der Waals surface area contributed by atoms with Crippen LogP contribution in [0.25, 0.3) is 0 Å². The summed E-state index contributed by atoms with van der Waals surface area (Å²) in [6.45, 7) is 0.913. The minimum Gasteiger partial charge on any atom is -0.375 e. The van der Waals surface area contributed by atoms with E-state index in [1.54, 1.807) is 35.2 Å². The second kappa shape index (κ2) is 6.41. The van der Waals surface area contributed by atoms with E-state index in [1.807, 2.05) is 0 Å². The summed E-state index contributed by atoms with van der Waals surface area (Å²) >= 11 is 0. The van der Waals surface area contributed by atoms with Crippen LogP contribution < -0.4 is 5.73 Å². The minimum absolute atomic E-state index is 0.0506. The zero-order valence-electron chi connectivity index (χ0n) is 13.6. The van der Waals surface area contributed by atoms with Gasteiger partial charge in [0.05, 0.1) is 0 Å². The molecule has 0 spiro atoms. The standard InChI is InChI=1S/C18H24F2N2O2/c19-17(20)9-6-14(12-17)18(24,13-4-2-1-3-5-13)16(23)22-10-7-15(21)8-11-22/h1-5,14-15,24H,6-12,21H2/t14-,18+/m1/s1. The molecule has 0 radical (unpaired) electrons. The van der Waals surface area contributed by atoms with E-state index in [4.69, 9.17) is 5.73 Å². The van der Waals surface area contributed by atoms with E-state index in [1.165, 1.54) is 0 Å². The van der Waals surface area contributed by atoms with Crippen LogP contribution in [0.4, 0.5) is 8.78 Å². The van der Waals surface area contributed by atoms with Crippen molar-refractivity contribution in [2.45, 2.75) is 49.7 Å². The number of alkyl halides is 2. The molecule has 0 bridgehead atoms. The maximum Gasteiger partial charge on any atom is 0.259 e. The van der Waals surface area contributed by atoms with Crippen LogP contribution in [0.1, 0.15) is 37.7 Å². The second-order valence-corrected chi connectivity index (χ2v) is 7.06. The summed E-state index contributed by atoms with van der Waals surface area (Å²) in [5.41, 5.74) is 4.37. The Bertz CT molecular complexity index is 588. The van der Waals surface area contributed by atoms with Gasteiger partial charge in [0.15, 0.2) is 5.60 Å². The summed E-state index contributed by atoms with van der Waals surface area (Å²) in [7, 11) is 0. The fourth-order valence-electron chi connectivity index (χ4n) is 3.88. The van der Waals surface area contributed by atoms with E-state index in [9.17, 15) is 18.7 Å². The van der Waals surface area contributed by atoms with Gasteiger partial charge in [0, 0.05) is 37.9 Å². The van der Waals surface area contributed by atoms with Gasteiger partial charge in [0.25, 0.3) is 5.91 Å². The van der Waals surface area contributed by atoms with Crippen molar-refractivity contribution in [2.24, 2.45) is 11.7 Å². The topological polar surface area (TPSA) is 66.6 Å². The van der Waals surface area contributed by atoms with E-state index in [0.29, 0.717) is 31.5 Å². The van der Waals surface area contributed by atoms with Gasteiger partial charge in [-0.3, -0.25) is 4.79 Å². The average molecular weight is 338 g/mol. The van der Waals surface area contributed by atoms with Gasteiger partial charge < -0.3 is 15.7 Å². The first-order chi connectivity index (χ1) is 11.3. The third-order valence-corrected chi connectivity index (χ3v) is 5.36. The Morgan fingerprint density at radius 2 is 1.83 bits per heavy atom. The summed E-state index contributed by atoms with van der Waals surface area (Å²) in [4.78, 5) is 14.7. The van der Waals surface area contributed by atoms with Crippen LogP contribution in [0.3, 0.4) is 0 Å². The molecule has 3 N–H and O–H groups in total. The van der Waals surface area contributed by atoms with Gasteiger partial charge in [-0.25, -0.2) is 8.78 Å². The quantitative estimate of drug-likeness (QED) is 0.888. The molecule has 1 heterocycles. The molecule has 1 amide bonds. The smallest absolute Gasteiger partial charge is 0.259 e. The van der Waals surface area contributed by atoms with Crippen molar-refractivity contribution in [3.63, 3.8) is 0 Å². The number of rotatable bonds is 3. The number of likely N-dealkylation sites (tertiary alicyclic amines) is 1. The first-order valence-electron chi connectivity index (χ1n) is 8.53. The first-order valence-corrected chi connectivity index (χ1v) is 8.53. The molecule has 1 aliphatic carbocycles. The van der Waals surface area contributed by atoms with Gasteiger partial charge in [-0.05, 0) is 24.8 Å². The summed E-state index contributed by atoms with van der Waals surface area (Å²) in [6.07, 6.45) is 0.717. The lowest BCUT2D eigenvalue weighted by Gasteiger charge is -2.40. The molecule has 2 fully saturated rings. The van der Waals surface area contributed by atoms with E-state index >= 15 is 0 Å². The van der Waals surface area contributed by atoms with Gasteiger partial charge in [0.2, 0.25) is 5.92 Å². The van der Waals surface area contributed by atoms with Crippen molar-refractivity contribution in [2.75, 3.05) is 13.1 Å². The van der Waals surface area contributed by atoms with Gasteiger partial charge in [-0.15, -0.1) is 0 Å². The fraction of sp³-hybridized carbons (Fsp3) is 0.611. The normalized spacial score (nSPS) is 27.0. The highest BCUT2D eigenvalue weighted by Gasteiger charge is 2.54. The van der Waals surface area contributed by atoms with Gasteiger partial charge in [0.1, 0.15) is 0 Å². The van der Waals surface area contributed by atoms with Crippen LogP contribution in [0.2, 0.25) is 0 Å². The minimum atomic E-state index is -2.82. The number of hydrogen-bond acceptors (Lipinski definition) is 3. The third-order valence-electron chi connectivity index (χ3n) is 5.36. The second-order valence-electron chi connectivity index (χ2n) is 7.06. The highest BCUT2D eigenvalue weighted by molar-refractivity contribution is 5.87.